The molecule has 0 saturated carbocycles. The molecule has 2 heteroatoms. The maximum absolute atomic E-state index is 12.4. The molecule has 1 amide bonds. The first-order chi connectivity index (χ1) is 10.7. The van der Waals surface area contributed by atoms with Crippen LogP contribution in [-0.4, -0.2) is 5.91 Å². The summed E-state index contributed by atoms with van der Waals surface area (Å²) < 4.78 is 0. The molecule has 0 fully saturated rings. The Balaban J connectivity index is 2.10. The lowest BCUT2D eigenvalue weighted by Crippen LogP contribution is -2.26. The van der Waals surface area contributed by atoms with Crippen molar-refractivity contribution in [2.24, 2.45) is 0 Å². The Morgan fingerprint density at radius 2 is 1.57 bits per heavy atom. The van der Waals surface area contributed by atoms with Gasteiger partial charge in [-0.15, -0.1) is 0 Å². The molecule has 0 saturated heterocycles. The molecular weight excluding hydrogens is 282 g/mol. The van der Waals surface area contributed by atoms with Crippen LogP contribution in [0.5, 0.6) is 0 Å². The van der Waals surface area contributed by atoms with Crippen molar-refractivity contribution in [1.29, 1.82) is 0 Å². The van der Waals surface area contributed by atoms with Crippen LogP contribution < -0.4 is 5.32 Å². The quantitative estimate of drug-likeness (QED) is 0.840. The van der Waals surface area contributed by atoms with E-state index >= 15 is 0 Å². The number of hydrogen-bond donors (Lipinski definition) is 1. The standard InChI is InChI=1S/C21H27NO/c1-14-7-8-18(13-15(14)2)16(3)22-20(23)17-9-11-19(12-10-17)21(4,5)6/h7-13,16H,1-6H3,(H,22,23)/t16-/m1/s1. The molecule has 0 unspecified atom stereocenters. The average Bonchev–Trinajstić information content (AvgIpc) is 2.49. The van der Waals surface area contributed by atoms with Crippen LogP contribution in [0.4, 0.5) is 0 Å². The Morgan fingerprint density at radius 1 is 0.957 bits per heavy atom. The minimum absolute atomic E-state index is 0.0101. The predicted octanol–water partition coefficient (Wildman–Crippen LogP) is 5.09. The minimum Gasteiger partial charge on any atom is -0.346 e. The maximum Gasteiger partial charge on any atom is 0.251 e. The van der Waals surface area contributed by atoms with E-state index in [4.69, 9.17) is 0 Å². The maximum atomic E-state index is 12.4. The number of hydrogen-bond acceptors (Lipinski definition) is 1. The van der Waals surface area contributed by atoms with E-state index in [1.54, 1.807) is 0 Å². The summed E-state index contributed by atoms with van der Waals surface area (Å²) in [6.07, 6.45) is 0. The van der Waals surface area contributed by atoms with Gasteiger partial charge in [0.2, 0.25) is 0 Å². The van der Waals surface area contributed by atoms with Crippen molar-refractivity contribution in [3.05, 3.63) is 70.3 Å². The van der Waals surface area contributed by atoms with Gasteiger partial charge in [0.15, 0.2) is 0 Å². The number of rotatable bonds is 3. The predicted molar refractivity (Wildman–Crippen MR) is 96.9 cm³/mol. The SMILES string of the molecule is Cc1ccc([C@@H](C)NC(=O)c2ccc(C(C)(C)C)cc2)cc1C. The molecule has 2 aromatic carbocycles. The summed E-state index contributed by atoms with van der Waals surface area (Å²) in [5.41, 5.74) is 5.68. The van der Waals surface area contributed by atoms with Crippen LogP contribution in [0.3, 0.4) is 0 Å². The van der Waals surface area contributed by atoms with Gasteiger partial charge in [0.25, 0.3) is 5.91 Å². The van der Waals surface area contributed by atoms with E-state index in [2.05, 4.69) is 58.1 Å². The first kappa shape index (κ1) is 17.3. The van der Waals surface area contributed by atoms with E-state index in [1.165, 1.54) is 16.7 Å². The first-order valence-electron chi connectivity index (χ1n) is 8.17. The molecule has 2 nitrogen and oxygen atoms in total. The van der Waals surface area contributed by atoms with Crippen molar-refractivity contribution < 1.29 is 4.79 Å². The van der Waals surface area contributed by atoms with Gasteiger partial charge in [-0.3, -0.25) is 4.79 Å². The Kier molecular flexibility index (Phi) is 4.93. The fourth-order valence-corrected chi connectivity index (χ4v) is 2.52. The molecule has 2 aromatic rings. The van der Waals surface area contributed by atoms with E-state index in [0.29, 0.717) is 5.56 Å². The summed E-state index contributed by atoms with van der Waals surface area (Å²) >= 11 is 0. The van der Waals surface area contributed by atoms with Gasteiger partial charge in [0.05, 0.1) is 6.04 Å². The molecule has 0 spiro atoms. The van der Waals surface area contributed by atoms with Gasteiger partial charge in [-0.05, 0) is 60.6 Å². The smallest absolute Gasteiger partial charge is 0.251 e. The van der Waals surface area contributed by atoms with Crippen molar-refractivity contribution in [3.8, 4) is 0 Å². The molecular formula is C21H27NO. The topological polar surface area (TPSA) is 29.1 Å². The Labute approximate surface area is 139 Å². The summed E-state index contributed by atoms with van der Waals surface area (Å²) in [6, 6.07) is 14.2. The normalized spacial score (nSPS) is 12.8. The molecule has 0 bridgehead atoms. The lowest BCUT2D eigenvalue weighted by molar-refractivity contribution is 0.0940. The number of aryl methyl sites for hydroxylation is 2. The zero-order valence-corrected chi connectivity index (χ0v) is 15.0. The second-order valence-electron chi connectivity index (χ2n) is 7.37. The Morgan fingerprint density at radius 3 is 2.09 bits per heavy atom. The number of nitrogens with one attached hydrogen (secondary N) is 1. The second-order valence-corrected chi connectivity index (χ2v) is 7.37. The van der Waals surface area contributed by atoms with Gasteiger partial charge < -0.3 is 5.32 Å². The monoisotopic (exact) mass is 309 g/mol. The molecule has 0 aliphatic carbocycles. The van der Waals surface area contributed by atoms with Crippen molar-refractivity contribution in [2.45, 2.75) is 53.0 Å². The van der Waals surface area contributed by atoms with Crippen LogP contribution in [-0.2, 0) is 5.41 Å². The van der Waals surface area contributed by atoms with Gasteiger partial charge in [-0.25, -0.2) is 0 Å². The molecule has 0 aliphatic heterocycles. The molecule has 2 rings (SSSR count). The van der Waals surface area contributed by atoms with E-state index in [1.807, 2.05) is 31.2 Å². The third-order valence-electron chi connectivity index (χ3n) is 4.39. The average molecular weight is 309 g/mol. The summed E-state index contributed by atoms with van der Waals surface area (Å²) in [7, 11) is 0. The van der Waals surface area contributed by atoms with Crippen molar-refractivity contribution in [2.75, 3.05) is 0 Å². The number of carbonyl (C=O) groups excluding carboxylic acids is 1. The van der Waals surface area contributed by atoms with E-state index < -0.39 is 0 Å². The Hall–Kier alpha value is -2.09. The van der Waals surface area contributed by atoms with Crippen molar-refractivity contribution in [1.82, 2.24) is 5.32 Å². The van der Waals surface area contributed by atoms with Crippen LogP contribution in [0.25, 0.3) is 0 Å². The van der Waals surface area contributed by atoms with Crippen molar-refractivity contribution in [3.63, 3.8) is 0 Å². The van der Waals surface area contributed by atoms with Gasteiger partial charge >= 0.3 is 0 Å². The first-order valence-corrected chi connectivity index (χ1v) is 8.17. The summed E-state index contributed by atoms with van der Waals surface area (Å²) in [5, 5.41) is 3.08. The highest BCUT2D eigenvalue weighted by atomic mass is 16.1. The molecule has 0 heterocycles. The lowest BCUT2D eigenvalue weighted by Gasteiger charge is -2.19. The molecule has 23 heavy (non-hydrogen) atoms. The number of amides is 1. The number of carbonyl (C=O) groups is 1. The van der Waals surface area contributed by atoms with E-state index in [0.717, 1.165) is 5.56 Å². The van der Waals surface area contributed by atoms with Crippen molar-refractivity contribution >= 4 is 5.91 Å². The van der Waals surface area contributed by atoms with Crippen LogP contribution in [0.2, 0.25) is 0 Å². The molecule has 1 atom stereocenters. The highest BCUT2D eigenvalue weighted by Gasteiger charge is 2.15. The summed E-state index contributed by atoms with van der Waals surface area (Å²) in [6.45, 7) is 12.7. The van der Waals surface area contributed by atoms with Crippen LogP contribution in [0.15, 0.2) is 42.5 Å². The molecule has 122 valence electrons. The van der Waals surface area contributed by atoms with Crippen LogP contribution >= 0.6 is 0 Å². The molecule has 0 aliphatic rings. The largest absolute Gasteiger partial charge is 0.346 e. The highest BCUT2D eigenvalue weighted by molar-refractivity contribution is 5.94. The lowest BCUT2D eigenvalue weighted by atomic mass is 9.86. The van der Waals surface area contributed by atoms with Crippen LogP contribution in [0.1, 0.15) is 66.3 Å². The fraction of sp³-hybridized carbons (Fsp3) is 0.381. The zero-order chi connectivity index (χ0) is 17.2. The third-order valence-corrected chi connectivity index (χ3v) is 4.39. The number of benzene rings is 2. The summed E-state index contributed by atoms with van der Waals surface area (Å²) in [4.78, 5) is 12.4. The third kappa shape index (κ3) is 4.22. The minimum atomic E-state index is -0.0313. The van der Waals surface area contributed by atoms with Gasteiger partial charge in [0.1, 0.15) is 0 Å². The zero-order valence-electron chi connectivity index (χ0n) is 15.0. The Bertz CT molecular complexity index is 693. The molecule has 1 N–H and O–H groups in total. The van der Waals surface area contributed by atoms with E-state index in [9.17, 15) is 4.79 Å². The second kappa shape index (κ2) is 6.57. The van der Waals surface area contributed by atoms with E-state index in [-0.39, 0.29) is 17.4 Å². The molecule has 0 aromatic heterocycles. The van der Waals surface area contributed by atoms with Crippen LogP contribution in [0, 0.1) is 13.8 Å². The van der Waals surface area contributed by atoms with Gasteiger partial charge in [-0.1, -0.05) is 51.1 Å². The highest BCUT2D eigenvalue weighted by Crippen LogP contribution is 2.22. The van der Waals surface area contributed by atoms with Gasteiger partial charge in [-0.2, -0.15) is 0 Å². The fourth-order valence-electron chi connectivity index (χ4n) is 2.52. The molecule has 0 radical (unpaired) electrons. The van der Waals surface area contributed by atoms with Gasteiger partial charge in [0, 0.05) is 5.56 Å². The summed E-state index contributed by atoms with van der Waals surface area (Å²) in [5.74, 6) is -0.0313.